The summed E-state index contributed by atoms with van der Waals surface area (Å²) in [4.78, 5) is 14.3. The molecule has 1 atom stereocenters. The molecule has 2 amide bonds. The van der Waals surface area contributed by atoms with Crippen LogP contribution in [-0.2, 0) is 0 Å². The minimum atomic E-state index is -0.111. The predicted octanol–water partition coefficient (Wildman–Crippen LogP) is 5.98. The third-order valence-corrected chi connectivity index (χ3v) is 6.57. The van der Waals surface area contributed by atoms with Gasteiger partial charge in [-0.2, -0.15) is 0 Å². The highest BCUT2D eigenvalue weighted by Crippen LogP contribution is 2.36. The van der Waals surface area contributed by atoms with Crippen LogP contribution in [0, 0.1) is 11.3 Å². The lowest BCUT2D eigenvalue weighted by atomic mass is 9.76. The number of carbonyl (C=O) groups excluding carboxylic acids is 1. The van der Waals surface area contributed by atoms with Gasteiger partial charge in [0.1, 0.15) is 17.7 Å². The van der Waals surface area contributed by atoms with Crippen molar-refractivity contribution in [3.05, 3.63) is 47.9 Å². The largest absolute Gasteiger partial charge is 0.490 e. The smallest absolute Gasteiger partial charge is 0.322 e. The number of hydrogen-bond donors (Lipinski definition) is 1. The van der Waals surface area contributed by atoms with Crippen LogP contribution >= 0.6 is 0 Å². The van der Waals surface area contributed by atoms with E-state index < -0.39 is 0 Å². The minimum absolute atomic E-state index is 0.111. The molecule has 0 spiro atoms. The molecule has 1 saturated carbocycles. The Bertz CT molecular complexity index is 910. The Labute approximate surface area is 184 Å². The first kappa shape index (κ1) is 21.5. The van der Waals surface area contributed by atoms with Crippen LogP contribution < -0.4 is 10.1 Å². The van der Waals surface area contributed by atoms with Gasteiger partial charge in [-0.05, 0) is 61.1 Å². The van der Waals surface area contributed by atoms with Crippen molar-refractivity contribution in [2.75, 3.05) is 18.4 Å². The number of nitrogens with zero attached hydrogens (tertiary/aromatic N) is 2. The number of piperidine rings is 1. The predicted molar refractivity (Wildman–Crippen MR) is 122 cm³/mol. The van der Waals surface area contributed by atoms with Crippen LogP contribution in [0.15, 0.2) is 46.8 Å². The van der Waals surface area contributed by atoms with Crippen LogP contribution in [0.2, 0.25) is 0 Å². The van der Waals surface area contributed by atoms with E-state index >= 15 is 0 Å². The van der Waals surface area contributed by atoms with Crippen LogP contribution in [0.5, 0.6) is 5.75 Å². The SMILES string of the molecule is CC1CN(C(=O)Nc2cnoc2)CC/C1=C\c1cccc(OC2CCC(C)(C)CC2)c1. The van der Waals surface area contributed by atoms with Crippen molar-refractivity contribution in [2.24, 2.45) is 11.3 Å². The number of anilines is 1. The Hall–Kier alpha value is -2.76. The van der Waals surface area contributed by atoms with Crippen LogP contribution in [0.25, 0.3) is 6.08 Å². The molecule has 1 unspecified atom stereocenters. The fourth-order valence-electron chi connectivity index (χ4n) is 4.49. The van der Waals surface area contributed by atoms with Crippen LogP contribution in [0.1, 0.15) is 58.4 Å². The molecule has 6 heteroatoms. The Kier molecular flexibility index (Phi) is 6.35. The minimum Gasteiger partial charge on any atom is -0.490 e. The third-order valence-electron chi connectivity index (χ3n) is 6.57. The van der Waals surface area contributed by atoms with Gasteiger partial charge in [0.25, 0.3) is 0 Å². The van der Waals surface area contributed by atoms with Gasteiger partial charge >= 0.3 is 6.03 Å². The number of urea groups is 1. The second-order valence-corrected chi connectivity index (χ2v) is 9.71. The number of rotatable bonds is 4. The molecule has 4 rings (SSSR count). The van der Waals surface area contributed by atoms with E-state index in [0.717, 1.165) is 30.6 Å². The normalized spacial score (nSPS) is 23.0. The summed E-state index contributed by atoms with van der Waals surface area (Å²) in [6, 6.07) is 8.29. The number of aromatic nitrogens is 1. The van der Waals surface area contributed by atoms with Gasteiger partial charge in [0, 0.05) is 13.1 Å². The van der Waals surface area contributed by atoms with Crippen molar-refractivity contribution in [2.45, 2.75) is 59.0 Å². The lowest BCUT2D eigenvalue weighted by Gasteiger charge is -2.34. The summed E-state index contributed by atoms with van der Waals surface area (Å²) in [6.07, 6.45) is 11.1. The zero-order valence-corrected chi connectivity index (χ0v) is 18.8. The Balaban J connectivity index is 1.34. The molecule has 31 heavy (non-hydrogen) atoms. The lowest BCUT2D eigenvalue weighted by Crippen LogP contribution is -2.42. The molecule has 1 N–H and O–H groups in total. The van der Waals surface area contributed by atoms with E-state index in [1.165, 1.54) is 30.9 Å². The molecule has 1 aliphatic carbocycles. The molecule has 1 aliphatic heterocycles. The number of amides is 2. The average Bonchev–Trinajstić information content (AvgIpc) is 3.24. The second-order valence-electron chi connectivity index (χ2n) is 9.71. The maximum absolute atomic E-state index is 12.5. The van der Waals surface area contributed by atoms with Crippen molar-refractivity contribution in [3.63, 3.8) is 0 Å². The van der Waals surface area contributed by atoms with E-state index in [4.69, 9.17) is 9.26 Å². The fraction of sp³-hybridized carbons (Fsp3) is 0.520. The zero-order chi connectivity index (χ0) is 21.8. The maximum Gasteiger partial charge on any atom is 0.322 e. The summed E-state index contributed by atoms with van der Waals surface area (Å²) in [5, 5.41) is 6.44. The fourth-order valence-corrected chi connectivity index (χ4v) is 4.49. The van der Waals surface area contributed by atoms with Gasteiger partial charge in [-0.1, -0.05) is 49.7 Å². The van der Waals surface area contributed by atoms with Crippen molar-refractivity contribution < 1.29 is 14.1 Å². The van der Waals surface area contributed by atoms with Gasteiger partial charge in [0.05, 0.1) is 12.3 Å². The van der Waals surface area contributed by atoms with Gasteiger partial charge in [-0.25, -0.2) is 4.79 Å². The van der Waals surface area contributed by atoms with Crippen LogP contribution in [-0.4, -0.2) is 35.3 Å². The highest BCUT2D eigenvalue weighted by atomic mass is 16.5. The Morgan fingerprint density at radius 3 is 2.84 bits per heavy atom. The van der Waals surface area contributed by atoms with Gasteiger partial charge in [-0.15, -0.1) is 0 Å². The summed E-state index contributed by atoms with van der Waals surface area (Å²) in [5.74, 6) is 1.25. The molecule has 1 saturated heterocycles. The highest BCUT2D eigenvalue weighted by Gasteiger charge is 2.28. The van der Waals surface area contributed by atoms with Gasteiger partial charge < -0.3 is 19.5 Å². The molecule has 2 fully saturated rings. The third kappa shape index (κ3) is 5.69. The lowest BCUT2D eigenvalue weighted by molar-refractivity contribution is 0.0987. The van der Waals surface area contributed by atoms with Crippen molar-refractivity contribution in [1.82, 2.24) is 10.1 Å². The number of likely N-dealkylation sites (tertiary alicyclic amines) is 1. The van der Waals surface area contributed by atoms with E-state index in [2.05, 4.69) is 61.6 Å². The number of benzene rings is 1. The van der Waals surface area contributed by atoms with Crippen molar-refractivity contribution in [1.29, 1.82) is 0 Å². The van der Waals surface area contributed by atoms with E-state index in [-0.39, 0.29) is 6.03 Å². The first-order valence-corrected chi connectivity index (χ1v) is 11.3. The van der Waals surface area contributed by atoms with Crippen molar-refractivity contribution in [3.8, 4) is 5.75 Å². The summed E-state index contributed by atoms with van der Waals surface area (Å²) < 4.78 is 11.1. The summed E-state index contributed by atoms with van der Waals surface area (Å²) >= 11 is 0. The van der Waals surface area contributed by atoms with Crippen LogP contribution in [0.3, 0.4) is 0 Å². The van der Waals surface area contributed by atoms with Gasteiger partial charge in [0.2, 0.25) is 0 Å². The monoisotopic (exact) mass is 423 g/mol. The first-order valence-electron chi connectivity index (χ1n) is 11.3. The van der Waals surface area contributed by atoms with E-state index in [9.17, 15) is 4.79 Å². The zero-order valence-electron chi connectivity index (χ0n) is 18.8. The van der Waals surface area contributed by atoms with Crippen molar-refractivity contribution >= 4 is 17.8 Å². The number of hydrogen-bond acceptors (Lipinski definition) is 4. The topological polar surface area (TPSA) is 67.6 Å². The Morgan fingerprint density at radius 2 is 2.13 bits per heavy atom. The molecule has 166 valence electrons. The first-order chi connectivity index (χ1) is 14.9. The molecule has 1 aromatic heterocycles. The van der Waals surface area contributed by atoms with E-state index in [1.807, 2.05) is 4.90 Å². The molecular formula is C25H33N3O3. The second kappa shape index (κ2) is 9.16. The standard InChI is InChI=1S/C25H33N3O3/c1-18-16-28(24(29)27-21-15-26-30-17-21)12-9-20(18)13-19-5-4-6-23(14-19)31-22-7-10-25(2,3)11-8-22/h4-6,13-15,17-18,22H,7-12,16H2,1-3H3,(H,27,29)/b20-13+. The van der Waals surface area contributed by atoms with Gasteiger partial charge in [0.15, 0.2) is 0 Å². The number of nitrogens with one attached hydrogen (secondary N) is 1. The average molecular weight is 424 g/mol. The van der Waals surface area contributed by atoms with Crippen LogP contribution in [0.4, 0.5) is 10.5 Å². The van der Waals surface area contributed by atoms with E-state index in [0.29, 0.717) is 36.2 Å². The summed E-state index contributed by atoms with van der Waals surface area (Å²) in [7, 11) is 0. The molecule has 2 aromatic rings. The maximum atomic E-state index is 12.5. The molecule has 0 radical (unpaired) electrons. The quantitative estimate of drug-likeness (QED) is 0.657. The summed E-state index contributed by atoms with van der Waals surface area (Å²) in [5.41, 5.74) is 3.56. The van der Waals surface area contributed by atoms with Gasteiger partial charge in [-0.3, -0.25) is 0 Å². The summed E-state index contributed by atoms with van der Waals surface area (Å²) in [6.45, 7) is 8.26. The molecule has 1 aromatic carbocycles. The van der Waals surface area contributed by atoms with E-state index in [1.54, 1.807) is 0 Å². The number of ether oxygens (including phenoxy) is 1. The molecular weight excluding hydrogens is 390 g/mol. The molecule has 2 aliphatic rings. The number of carbonyl (C=O) groups is 1. The molecule has 6 nitrogen and oxygen atoms in total. The highest BCUT2D eigenvalue weighted by molar-refractivity contribution is 5.89. The molecule has 0 bridgehead atoms. The molecule has 2 heterocycles. The Morgan fingerprint density at radius 1 is 1.32 bits per heavy atom.